The lowest BCUT2D eigenvalue weighted by Gasteiger charge is -2.39. The lowest BCUT2D eigenvalue weighted by Crippen LogP contribution is -2.51. The second-order valence-electron chi connectivity index (χ2n) is 9.98. The monoisotopic (exact) mass is 421 g/mol. The minimum atomic E-state index is -0.683. The zero-order valence-corrected chi connectivity index (χ0v) is 19.0. The number of aromatic nitrogens is 1. The zero-order chi connectivity index (χ0) is 22.7. The summed E-state index contributed by atoms with van der Waals surface area (Å²) in [5.74, 6) is -0.0393. The summed E-state index contributed by atoms with van der Waals surface area (Å²) in [6.07, 6.45) is 2.69. The molecule has 8 heteroatoms. The molecule has 1 aromatic rings. The molecule has 0 saturated heterocycles. The number of nitrogens with one attached hydrogen (secondary N) is 2. The predicted octanol–water partition coefficient (Wildman–Crippen LogP) is 4.20. The van der Waals surface area contributed by atoms with Crippen LogP contribution in [0.2, 0.25) is 0 Å². The fraction of sp³-hybridized carbons (Fsp3) is 0.682. The molecule has 3 N–H and O–H groups in total. The first-order chi connectivity index (χ1) is 13.7. The quantitative estimate of drug-likeness (QED) is 0.675. The van der Waals surface area contributed by atoms with E-state index in [0.717, 1.165) is 5.56 Å². The van der Waals surface area contributed by atoms with E-state index < -0.39 is 35.5 Å². The predicted molar refractivity (Wildman–Crippen MR) is 114 cm³/mol. The lowest BCUT2D eigenvalue weighted by molar-refractivity contribution is 0.0176. The van der Waals surface area contributed by atoms with Gasteiger partial charge in [0, 0.05) is 6.20 Å². The van der Waals surface area contributed by atoms with Gasteiger partial charge in [0.05, 0.1) is 24.0 Å². The van der Waals surface area contributed by atoms with Gasteiger partial charge in [0.15, 0.2) is 0 Å². The second-order valence-corrected chi connectivity index (χ2v) is 9.98. The average Bonchev–Trinajstić information content (AvgIpc) is 2.55. The number of rotatable bonds is 3. The molecule has 2 rings (SSSR count). The summed E-state index contributed by atoms with van der Waals surface area (Å²) >= 11 is 0. The van der Waals surface area contributed by atoms with Gasteiger partial charge in [0.2, 0.25) is 0 Å². The van der Waals surface area contributed by atoms with Crippen molar-refractivity contribution in [2.45, 2.75) is 90.6 Å². The molecule has 1 heterocycles. The molecule has 1 fully saturated rings. The highest BCUT2D eigenvalue weighted by atomic mass is 16.6. The van der Waals surface area contributed by atoms with Gasteiger partial charge in [0.25, 0.3) is 0 Å². The molecule has 30 heavy (non-hydrogen) atoms. The molecule has 0 aromatic carbocycles. The molecule has 1 aromatic heterocycles. The van der Waals surface area contributed by atoms with Gasteiger partial charge in [-0.2, -0.15) is 0 Å². The fourth-order valence-corrected chi connectivity index (χ4v) is 3.66. The van der Waals surface area contributed by atoms with Crippen LogP contribution in [0.4, 0.5) is 15.3 Å². The van der Waals surface area contributed by atoms with Crippen molar-refractivity contribution in [3.63, 3.8) is 0 Å². The Balaban J connectivity index is 2.17. The van der Waals surface area contributed by atoms with Gasteiger partial charge in [-0.05, 0) is 77.8 Å². The van der Waals surface area contributed by atoms with Crippen molar-refractivity contribution in [1.29, 1.82) is 0 Å². The number of ether oxygens (including phenoxy) is 2. The van der Waals surface area contributed by atoms with E-state index in [1.165, 1.54) is 0 Å². The Kier molecular flexibility index (Phi) is 7.34. The van der Waals surface area contributed by atoms with Crippen LogP contribution in [0.25, 0.3) is 0 Å². The molecular formula is C22H35N3O5. The van der Waals surface area contributed by atoms with E-state index >= 15 is 0 Å². The Morgan fingerprint density at radius 1 is 1.07 bits per heavy atom. The highest BCUT2D eigenvalue weighted by molar-refractivity contribution is 5.85. The molecule has 1 aliphatic carbocycles. The number of pyridine rings is 1. The number of carbonyl (C=O) groups excluding carboxylic acids is 2. The molecule has 0 spiro atoms. The summed E-state index contributed by atoms with van der Waals surface area (Å²) in [4.78, 5) is 28.6. The smallest absolute Gasteiger partial charge is 0.412 e. The van der Waals surface area contributed by atoms with Crippen molar-refractivity contribution in [3.05, 3.63) is 24.0 Å². The number of hydrogen-bond acceptors (Lipinski definition) is 6. The average molecular weight is 422 g/mol. The van der Waals surface area contributed by atoms with Crippen LogP contribution in [0.15, 0.2) is 18.5 Å². The third-order valence-electron chi connectivity index (χ3n) is 4.82. The van der Waals surface area contributed by atoms with Gasteiger partial charge in [-0.25, -0.2) is 9.59 Å². The Hall–Kier alpha value is -2.35. The van der Waals surface area contributed by atoms with Crippen LogP contribution in [-0.4, -0.2) is 45.6 Å². The molecule has 1 aliphatic rings. The van der Waals surface area contributed by atoms with Crippen molar-refractivity contribution in [3.8, 4) is 0 Å². The third kappa shape index (κ3) is 7.16. The summed E-state index contributed by atoms with van der Waals surface area (Å²) in [7, 11) is 0. The van der Waals surface area contributed by atoms with E-state index in [-0.39, 0.29) is 11.8 Å². The van der Waals surface area contributed by atoms with Gasteiger partial charge >= 0.3 is 12.2 Å². The number of hydrogen-bond donors (Lipinski definition) is 3. The molecule has 0 unspecified atom stereocenters. The summed E-state index contributed by atoms with van der Waals surface area (Å²) < 4.78 is 10.7. The molecule has 0 bridgehead atoms. The Morgan fingerprint density at radius 2 is 1.67 bits per heavy atom. The van der Waals surface area contributed by atoms with Crippen molar-refractivity contribution in [2.24, 2.45) is 5.92 Å². The number of aliphatic hydroxyl groups excluding tert-OH is 1. The highest BCUT2D eigenvalue weighted by Crippen LogP contribution is 2.39. The van der Waals surface area contributed by atoms with Crippen molar-refractivity contribution >= 4 is 17.9 Å². The molecule has 0 radical (unpaired) electrons. The number of anilines is 1. The minimum absolute atomic E-state index is 0.0104. The van der Waals surface area contributed by atoms with E-state index in [9.17, 15) is 14.7 Å². The van der Waals surface area contributed by atoms with Gasteiger partial charge in [-0.15, -0.1) is 0 Å². The lowest BCUT2D eigenvalue weighted by atomic mass is 9.74. The van der Waals surface area contributed by atoms with Crippen LogP contribution in [0.3, 0.4) is 0 Å². The standard InChI is InChI=1S/C22H35N3O5/c1-13-10-14(11-16(18(13)26)24-19(27)29-21(2,3)4)15-8-9-23-12-17(15)25-20(28)30-22(5,6)7/h8-9,12-14,16,18,26H,10-11H2,1-7H3,(H,24,27)(H,25,28)/t13-,14+,16+,18+/m0/s1. The number of amides is 2. The molecule has 0 aliphatic heterocycles. The maximum Gasteiger partial charge on any atom is 0.412 e. The second kappa shape index (κ2) is 9.20. The molecular weight excluding hydrogens is 386 g/mol. The van der Waals surface area contributed by atoms with Crippen molar-refractivity contribution < 1.29 is 24.2 Å². The van der Waals surface area contributed by atoms with Gasteiger partial charge in [-0.1, -0.05) is 6.92 Å². The minimum Gasteiger partial charge on any atom is -0.444 e. The van der Waals surface area contributed by atoms with Crippen molar-refractivity contribution in [1.82, 2.24) is 10.3 Å². The Morgan fingerprint density at radius 3 is 2.27 bits per heavy atom. The van der Waals surface area contributed by atoms with Crippen LogP contribution >= 0.6 is 0 Å². The van der Waals surface area contributed by atoms with E-state index in [1.807, 2.05) is 13.0 Å². The first-order valence-electron chi connectivity index (χ1n) is 10.4. The van der Waals surface area contributed by atoms with Gasteiger partial charge in [0.1, 0.15) is 11.2 Å². The zero-order valence-electron chi connectivity index (χ0n) is 19.0. The maximum atomic E-state index is 12.2. The van der Waals surface area contributed by atoms with E-state index in [2.05, 4.69) is 15.6 Å². The normalized spacial score (nSPS) is 24.7. The summed E-state index contributed by atoms with van der Waals surface area (Å²) in [5.41, 5.74) is 0.227. The third-order valence-corrected chi connectivity index (χ3v) is 4.82. The number of nitrogens with zero attached hydrogens (tertiary/aromatic N) is 1. The first-order valence-corrected chi connectivity index (χ1v) is 10.4. The number of alkyl carbamates (subject to hydrolysis) is 1. The van der Waals surface area contributed by atoms with Gasteiger partial charge in [-0.3, -0.25) is 10.3 Å². The maximum absolute atomic E-state index is 12.2. The molecule has 4 atom stereocenters. The first kappa shape index (κ1) is 23.9. The number of carbonyl (C=O) groups is 2. The Bertz CT molecular complexity index is 754. The summed E-state index contributed by atoms with van der Waals surface area (Å²) in [5, 5.41) is 16.2. The molecule has 8 nitrogen and oxygen atoms in total. The summed E-state index contributed by atoms with van der Waals surface area (Å²) in [6, 6.07) is 1.39. The van der Waals surface area contributed by atoms with E-state index in [1.54, 1.807) is 53.9 Å². The largest absolute Gasteiger partial charge is 0.444 e. The Labute approximate surface area is 178 Å². The van der Waals surface area contributed by atoms with Crippen LogP contribution < -0.4 is 10.6 Å². The fourth-order valence-electron chi connectivity index (χ4n) is 3.66. The molecule has 168 valence electrons. The topological polar surface area (TPSA) is 110 Å². The number of aliphatic hydroxyl groups is 1. The highest BCUT2D eigenvalue weighted by Gasteiger charge is 2.37. The van der Waals surface area contributed by atoms with Crippen LogP contribution in [-0.2, 0) is 9.47 Å². The SMILES string of the molecule is C[C@H]1C[C@@H](c2ccncc2NC(=O)OC(C)(C)C)C[C@@H](NC(=O)OC(C)(C)C)[C@@H]1O. The summed E-state index contributed by atoms with van der Waals surface area (Å²) in [6.45, 7) is 12.7. The van der Waals surface area contributed by atoms with E-state index in [0.29, 0.717) is 18.5 Å². The van der Waals surface area contributed by atoms with E-state index in [4.69, 9.17) is 9.47 Å². The molecule has 1 saturated carbocycles. The van der Waals surface area contributed by atoms with Crippen LogP contribution in [0.1, 0.15) is 72.8 Å². The van der Waals surface area contributed by atoms with Gasteiger partial charge < -0.3 is 19.9 Å². The van der Waals surface area contributed by atoms with Crippen LogP contribution in [0.5, 0.6) is 0 Å². The van der Waals surface area contributed by atoms with Crippen LogP contribution in [0, 0.1) is 5.92 Å². The molecule has 2 amide bonds. The van der Waals surface area contributed by atoms with Crippen molar-refractivity contribution in [2.75, 3.05) is 5.32 Å².